The van der Waals surface area contributed by atoms with Crippen LogP contribution in [0.4, 0.5) is 0 Å². The van der Waals surface area contributed by atoms with E-state index >= 15 is 0 Å². The van der Waals surface area contributed by atoms with Gasteiger partial charge in [-0.05, 0) is 77.0 Å². The average Bonchev–Trinajstić information content (AvgIpc) is 3.28. The molecule has 2 N–H and O–H groups in total. The molecule has 0 aromatic heterocycles. The Morgan fingerprint density at radius 3 is 1.34 bits per heavy atom. The van der Waals surface area contributed by atoms with Crippen LogP contribution in [0.5, 0.6) is 0 Å². The van der Waals surface area contributed by atoms with Crippen molar-refractivity contribution < 1.29 is 52.2 Å². The van der Waals surface area contributed by atoms with E-state index in [0.717, 1.165) is 83.5 Å². The molecule has 0 fully saturated rings. The number of phosphoric acid groups is 1. The average molecular weight is 919 g/mol. The number of rotatable bonds is 44. The van der Waals surface area contributed by atoms with E-state index in [2.05, 4.69) is 93.7 Å². The van der Waals surface area contributed by atoms with Crippen LogP contribution in [-0.2, 0) is 42.2 Å². The monoisotopic (exact) mass is 919 g/mol. The van der Waals surface area contributed by atoms with Gasteiger partial charge in [0, 0.05) is 19.3 Å². The SMILES string of the molecule is CC/C=C\C/C=C\C/C=C\C/C=C\CCC(=O)OC(COC(=O)CCCCC/C=C\C/C=C\C/C=C\CC)COP(=O)(O)OCC(CO)OC(=O)CCCCCCCCCCCCC. The van der Waals surface area contributed by atoms with Gasteiger partial charge in [0.15, 0.2) is 6.10 Å². The molecule has 0 aromatic carbocycles. The Kier molecular flexibility index (Phi) is 43.8. The van der Waals surface area contributed by atoms with Crippen LogP contribution in [0.1, 0.15) is 188 Å². The van der Waals surface area contributed by atoms with Crippen LogP contribution in [0.15, 0.2) is 85.1 Å². The van der Waals surface area contributed by atoms with Crippen molar-refractivity contribution in [2.24, 2.45) is 0 Å². The van der Waals surface area contributed by atoms with Gasteiger partial charge in [-0.2, -0.15) is 0 Å². The lowest BCUT2D eigenvalue weighted by molar-refractivity contribution is -0.161. The van der Waals surface area contributed by atoms with Crippen LogP contribution in [0.2, 0.25) is 0 Å². The molecule has 0 spiro atoms. The standard InChI is InChI=1S/C52H87O11P/c1-4-7-10-13-16-19-22-24-27-29-32-35-38-41-50(54)59-45-49(63-52(56)43-40-37-34-31-28-25-23-20-17-14-11-8-5-2)47-61-64(57,58)60-46-48(44-53)62-51(55)42-39-36-33-30-26-21-18-15-12-9-6-3/h7-8,10-11,16-17,19-20,24-25,27-28,34,37,48-49,53H,4-6,9,12-15,18,21-23,26,29-33,35-36,38-47H2,1-3H3,(H,57,58)/b10-7-,11-8-,19-16-,20-17-,27-24-,28-25-,37-34-. The molecule has 0 heterocycles. The fraction of sp³-hybridized carbons (Fsp3) is 0.673. The molecule has 0 saturated heterocycles. The minimum Gasteiger partial charge on any atom is -0.462 e. The molecule has 0 aliphatic heterocycles. The Hall–Kier alpha value is -3.34. The van der Waals surface area contributed by atoms with Crippen molar-refractivity contribution in [2.75, 3.05) is 26.4 Å². The first-order valence-electron chi connectivity index (χ1n) is 24.5. The fourth-order valence-corrected chi connectivity index (χ4v) is 6.93. The predicted octanol–water partition coefficient (Wildman–Crippen LogP) is 13.6. The highest BCUT2D eigenvalue weighted by molar-refractivity contribution is 7.47. The number of carbonyl (C=O) groups is 3. The Bertz CT molecular complexity index is 1400. The number of carbonyl (C=O) groups excluding carboxylic acids is 3. The summed E-state index contributed by atoms with van der Waals surface area (Å²) in [7, 11) is -4.76. The number of hydrogen-bond acceptors (Lipinski definition) is 10. The minimum absolute atomic E-state index is 0.0374. The number of phosphoric ester groups is 1. The van der Waals surface area contributed by atoms with Crippen molar-refractivity contribution in [1.82, 2.24) is 0 Å². The van der Waals surface area contributed by atoms with Crippen LogP contribution >= 0.6 is 7.82 Å². The van der Waals surface area contributed by atoms with Gasteiger partial charge in [-0.3, -0.25) is 23.4 Å². The normalized spacial score (nSPS) is 14.3. The van der Waals surface area contributed by atoms with Gasteiger partial charge in [0.25, 0.3) is 0 Å². The Balaban J connectivity index is 4.89. The zero-order valence-corrected chi connectivity index (χ0v) is 40.9. The van der Waals surface area contributed by atoms with Crippen molar-refractivity contribution in [3.8, 4) is 0 Å². The maximum atomic E-state index is 12.8. The molecule has 0 saturated carbocycles. The number of esters is 3. The van der Waals surface area contributed by atoms with Crippen LogP contribution in [-0.4, -0.2) is 66.5 Å². The van der Waals surface area contributed by atoms with Gasteiger partial charge >= 0.3 is 25.7 Å². The van der Waals surface area contributed by atoms with E-state index in [-0.39, 0.29) is 25.9 Å². The Morgan fingerprint density at radius 2 is 0.844 bits per heavy atom. The summed E-state index contributed by atoms with van der Waals surface area (Å²) in [6, 6.07) is 0. The lowest BCUT2D eigenvalue weighted by atomic mass is 10.1. The van der Waals surface area contributed by atoms with Gasteiger partial charge in [-0.15, -0.1) is 0 Å². The van der Waals surface area contributed by atoms with Crippen molar-refractivity contribution >= 4 is 25.7 Å². The summed E-state index contributed by atoms with van der Waals surface area (Å²) in [5, 5.41) is 9.74. The number of unbranched alkanes of at least 4 members (excludes halogenated alkanes) is 13. The van der Waals surface area contributed by atoms with E-state index in [9.17, 15) is 28.9 Å². The summed E-state index contributed by atoms with van der Waals surface area (Å²) >= 11 is 0. The van der Waals surface area contributed by atoms with Crippen LogP contribution in [0, 0.1) is 0 Å². The lowest BCUT2D eigenvalue weighted by Gasteiger charge is -2.21. The molecule has 0 aliphatic carbocycles. The summed E-state index contributed by atoms with van der Waals surface area (Å²) in [4.78, 5) is 48.1. The van der Waals surface area contributed by atoms with Crippen LogP contribution < -0.4 is 0 Å². The van der Waals surface area contributed by atoms with E-state index in [4.69, 9.17) is 23.3 Å². The number of hydrogen-bond donors (Lipinski definition) is 2. The third kappa shape index (κ3) is 43.9. The lowest BCUT2D eigenvalue weighted by Crippen LogP contribution is -2.30. The minimum atomic E-state index is -4.76. The maximum absolute atomic E-state index is 12.8. The van der Waals surface area contributed by atoms with Crippen molar-refractivity contribution in [3.63, 3.8) is 0 Å². The van der Waals surface area contributed by atoms with E-state index in [1.165, 1.54) is 44.9 Å². The molecule has 3 unspecified atom stereocenters. The van der Waals surface area contributed by atoms with Gasteiger partial charge in [0.1, 0.15) is 12.7 Å². The summed E-state index contributed by atoms with van der Waals surface area (Å²) in [5.74, 6) is -1.61. The number of aliphatic hydroxyl groups excluding tert-OH is 1. The molecule has 0 rings (SSSR count). The summed E-state index contributed by atoms with van der Waals surface area (Å²) < 4.78 is 39.1. The maximum Gasteiger partial charge on any atom is 0.472 e. The summed E-state index contributed by atoms with van der Waals surface area (Å²) in [6.07, 6.45) is 50.1. The zero-order valence-electron chi connectivity index (χ0n) is 40.0. The van der Waals surface area contributed by atoms with Gasteiger partial charge in [0.2, 0.25) is 0 Å². The second-order valence-corrected chi connectivity index (χ2v) is 17.3. The highest BCUT2D eigenvalue weighted by Crippen LogP contribution is 2.43. The van der Waals surface area contributed by atoms with E-state index in [1.54, 1.807) is 0 Å². The molecular weight excluding hydrogens is 832 g/mol. The quantitative estimate of drug-likeness (QED) is 0.0197. The van der Waals surface area contributed by atoms with Crippen molar-refractivity contribution in [3.05, 3.63) is 85.1 Å². The third-order valence-corrected chi connectivity index (χ3v) is 10.8. The molecule has 0 radical (unpaired) electrons. The summed E-state index contributed by atoms with van der Waals surface area (Å²) in [6.45, 7) is 4.25. The molecule has 0 aliphatic rings. The second kappa shape index (κ2) is 46.2. The highest BCUT2D eigenvalue weighted by atomic mass is 31.2. The Morgan fingerprint density at radius 1 is 0.453 bits per heavy atom. The number of allylic oxidation sites excluding steroid dienone is 14. The van der Waals surface area contributed by atoms with Crippen LogP contribution in [0.3, 0.4) is 0 Å². The molecule has 11 nitrogen and oxygen atoms in total. The second-order valence-electron chi connectivity index (χ2n) is 15.9. The molecule has 366 valence electrons. The largest absolute Gasteiger partial charge is 0.472 e. The number of ether oxygens (including phenoxy) is 3. The molecule has 12 heteroatoms. The van der Waals surface area contributed by atoms with Gasteiger partial charge in [-0.1, -0.05) is 176 Å². The van der Waals surface area contributed by atoms with Gasteiger partial charge in [-0.25, -0.2) is 4.57 Å². The predicted molar refractivity (Wildman–Crippen MR) is 261 cm³/mol. The van der Waals surface area contributed by atoms with Crippen molar-refractivity contribution in [1.29, 1.82) is 0 Å². The third-order valence-electron chi connectivity index (χ3n) is 9.83. The first-order valence-corrected chi connectivity index (χ1v) is 26.0. The molecule has 3 atom stereocenters. The zero-order chi connectivity index (χ0) is 47.0. The van der Waals surface area contributed by atoms with E-state index in [0.29, 0.717) is 19.3 Å². The molecule has 64 heavy (non-hydrogen) atoms. The van der Waals surface area contributed by atoms with E-state index < -0.39 is 57.8 Å². The highest BCUT2D eigenvalue weighted by Gasteiger charge is 2.28. The molecule has 0 bridgehead atoms. The first-order chi connectivity index (χ1) is 31.2. The summed E-state index contributed by atoms with van der Waals surface area (Å²) in [5.41, 5.74) is 0. The van der Waals surface area contributed by atoms with Gasteiger partial charge < -0.3 is 24.2 Å². The number of aliphatic hydroxyl groups is 1. The van der Waals surface area contributed by atoms with Gasteiger partial charge in [0.05, 0.1) is 19.8 Å². The fourth-order valence-electron chi connectivity index (χ4n) is 6.15. The topological polar surface area (TPSA) is 155 Å². The smallest absolute Gasteiger partial charge is 0.462 e. The van der Waals surface area contributed by atoms with E-state index in [1.807, 2.05) is 12.2 Å². The molecule has 0 amide bonds. The van der Waals surface area contributed by atoms with Crippen molar-refractivity contribution in [2.45, 2.75) is 200 Å². The molecular formula is C52H87O11P. The Labute approximate surface area is 388 Å². The first kappa shape index (κ1) is 60.7. The van der Waals surface area contributed by atoms with Crippen LogP contribution in [0.25, 0.3) is 0 Å². The molecule has 0 aromatic rings.